The van der Waals surface area contributed by atoms with E-state index in [1.165, 1.54) is 0 Å². The van der Waals surface area contributed by atoms with Gasteiger partial charge in [-0.25, -0.2) is 0 Å². The molecule has 4 heteroatoms. The number of rotatable bonds is 1. The Morgan fingerprint density at radius 3 is 2.56 bits per heavy atom. The molecule has 0 heterocycles. The summed E-state index contributed by atoms with van der Waals surface area (Å²) in [5.41, 5.74) is 0.525. The third-order valence-electron chi connectivity index (χ3n) is 8.25. The van der Waals surface area contributed by atoms with E-state index in [1.54, 1.807) is 13.0 Å². The zero-order valence-corrected chi connectivity index (χ0v) is 16.1. The van der Waals surface area contributed by atoms with E-state index >= 15 is 0 Å². The number of carbonyl (C=O) groups excluding carboxylic acids is 3. The number of fused-ring (bicyclic) bond motifs is 5. The fourth-order valence-corrected chi connectivity index (χ4v) is 7.43. The quantitative estimate of drug-likeness (QED) is 0.659. The van der Waals surface area contributed by atoms with E-state index < -0.39 is 10.8 Å². The lowest BCUT2D eigenvalue weighted by Crippen LogP contribution is -2.60. The Bertz CT molecular complexity index is 695. The first-order valence-electron chi connectivity index (χ1n) is 9.63. The molecule has 0 aliphatic heterocycles. The van der Waals surface area contributed by atoms with Crippen LogP contribution in [0.15, 0.2) is 11.6 Å². The fraction of sp³-hybridized carbons (Fsp3) is 0.762. The minimum absolute atomic E-state index is 0.0908. The largest absolute Gasteiger partial charge is 0.300 e. The Hall–Kier alpha value is -0.960. The molecule has 3 fully saturated rings. The number of ketones is 3. The van der Waals surface area contributed by atoms with Gasteiger partial charge in [0.15, 0.2) is 11.6 Å². The maximum Gasteiger partial charge on any atom is 0.155 e. The van der Waals surface area contributed by atoms with E-state index in [4.69, 9.17) is 11.6 Å². The first-order chi connectivity index (χ1) is 11.7. The lowest BCUT2D eigenvalue weighted by atomic mass is 9.46. The van der Waals surface area contributed by atoms with Crippen molar-refractivity contribution in [3.8, 4) is 0 Å². The number of alkyl halides is 1. The Morgan fingerprint density at radius 1 is 1.16 bits per heavy atom. The molecule has 4 aliphatic carbocycles. The van der Waals surface area contributed by atoms with E-state index in [0.29, 0.717) is 18.3 Å². The third kappa shape index (κ3) is 2.14. The van der Waals surface area contributed by atoms with Crippen molar-refractivity contribution < 1.29 is 14.4 Å². The molecule has 3 saturated carbocycles. The summed E-state index contributed by atoms with van der Waals surface area (Å²) in [6.07, 6.45) is 6.79. The normalized spacial score (nSPS) is 49.1. The maximum absolute atomic E-state index is 13.5. The molecule has 136 valence electrons. The van der Waals surface area contributed by atoms with Crippen molar-refractivity contribution in [2.45, 2.75) is 64.7 Å². The van der Waals surface area contributed by atoms with Gasteiger partial charge in [-0.15, -0.1) is 11.6 Å². The molecule has 0 unspecified atom stereocenters. The van der Waals surface area contributed by atoms with Crippen molar-refractivity contribution in [1.82, 2.24) is 0 Å². The van der Waals surface area contributed by atoms with Crippen LogP contribution in [0.5, 0.6) is 0 Å². The molecule has 0 N–H and O–H groups in total. The first-order valence-corrected chi connectivity index (χ1v) is 10.1. The van der Waals surface area contributed by atoms with Crippen LogP contribution in [0, 0.1) is 34.5 Å². The second-order valence-electron chi connectivity index (χ2n) is 9.21. The second-order valence-corrected chi connectivity index (χ2v) is 9.65. The van der Waals surface area contributed by atoms with Gasteiger partial charge in [0, 0.05) is 23.7 Å². The van der Waals surface area contributed by atoms with Crippen LogP contribution >= 0.6 is 11.6 Å². The SMILES string of the molecule is CC(=O)[C@H]1CC[C@H]2[C@@H]3CCC4=CC(=O)CC[C@]4(C)[C@H]3C(=O)[C@H](Cl)[C@]12C. The van der Waals surface area contributed by atoms with E-state index in [2.05, 4.69) is 13.8 Å². The van der Waals surface area contributed by atoms with Crippen molar-refractivity contribution >= 4 is 29.0 Å². The van der Waals surface area contributed by atoms with Gasteiger partial charge in [0.05, 0.1) is 5.38 Å². The summed E-state index contributed by atoms with van der Waals surface area (Å²) in [7, 11) is 0. The van der Waals surface area contributed by atoms with E-state index in [9.17, 15) is 14.4 Å². The van der Waals surface area contributed by atoms with Crippen LogP contribution in [0.25, 0.3) is 0 Å². The summed E-state index contributed by atoms with van der Waals surface area (Å²) in [6.45, 7) is 5.90. The van der Waals surface area contributed by atoms with Crippen molar-refractivity contribution in [3.63, 3.8) is 0 Å². The monoisotopic (exact) mass is 362 g/mol. The van der Waals surface area contributed by atoms with Crippen LogP contribution in [0.2, 0.25) is 0 Å². The standard InChI is InChI=1S/C21H27ClO3/c1-11(23)15-6-7-16-14-5-4-12-10-13(24)8-9-20(12,2)17(14)18(25)19(22)21(15,16)3/h10,14-17,19H,4-9H2,1-3H3/t14-,15+,16-,17+,19-,20-,21+/m0/s1. The van der Waals surface area contributed by atoms with E-state index in [-0.39, 0.29) is 34.6 Å². The molecule has 4 aliphatic rings. The molecular formula is C21H27ClO3. The van der Waals surface area contributed by atoms with Crippen molar-refractivity contribution in [3.05, 3.63) is 11.6 Å². The number of halogens is 1. The molecule has 0 spiro atoms. The van der Waals surface area contributed by atoms with E-state index in [1.807, 2.05) is 0 Å². The van der Waals surface area contributed by atoms with Crippen LogP contribution < -0.4 is 0 Å². The van der Waals surface area contributed by atoms with Gasteiger partial charge in [-0.3, -0.25) is 14.4 Å². The molecule has 0 aromatic heterocycles. The topological polar surface area (TPSA) is 51.2 Å². The number of hydrogen-bond acceptors (Lipinski definition) is 3. The molecule has 0 radical (unpaired) electrons. The van der Waals surface area contributed by atoms with Gasteiger partial charge >= 0.3 is 0 Å². The first kappa shape index (κ1) is 17.5. The van der Waals surface area contributed by atoms with Gasteiger partial charge in [-0.1, -0.05) is 19.4 Å². The summed E-state index contributed by atoms with van der Waals surface area (Å²) < 4.78 is 0. The number of hydrogen-bond donors (Lipinski definition) is 0. The average molecular weight is 363 g/mol. The minimum atomic E-state index is -0.594. The molecule has 3 nitrogen and oxygen atoms in total. The van der Waals surface area contributed by atoms with Crippen LogP contribution in [-0.4, -0.2) is 22.7 Å². The van der Waals surface area contributed by atoms with Crippen LogP contribution in [-0.2, 0) is 14.4 Å². The van der Waals surface area contributed by atoms with Gasteiger partial charge in [-0.2, -0.15) is 0 Å². The Labute approximate surface area is 154 Å². The average Bonchev–Trinajstić information content (AvgIpc) is 2.91. The molecule has 25 heavy (non-hydrogen) atoms. The van der Waals surface area contributed by atoms with Gasteiger partial charge in [-0.05, 0) is 62.4 Å². The predicted octanol–water partition coefficient (Wildman–Crippen LogP) is 4.12. The number of carbonyl (C=O) groups is 3. The van der Waals surface area contributed by atoms with Gasteiger partial charge in [0.2, 0.25) is 0 Å². The second kappa shape index (κ2) is 5.52. The summed E-state index contributed by atoms with van der Waals surface area (Å²) in [4.78, 5) is 37.6. The van der Waals surface area contributed by atoms with Crippen LogP contribution in [0.1, 0.15) is 59.3 Å². The summed E-state index contributed by atoms with van der Waals surface area (Å²) >= 11 is 6.80. The lowest BCUT2D eigenvalue weighted by molar-refractivity contribution is -0.147. The highest BCUT2D eigenvalue weighted by molar-refractivity contribution is 6.32. The predicted molar refractivity (Wildman–Crippen MR) is 96.3 cm³/mol. The Morgan fingerprint density at radius 2 is 1.88 bits per heavy atom. The molecule has 0 aromatic rings. The summed E-state index contributed by atoms with van der Waals surface area (Å²) in [5, 5.41) is -0.594. The lowest BCUT2D eigenvalue weighted by Gasteiger charge is -2.58. The van der Waals surface area contributed by atoms with Crippen LogP contribution in [0.3, 0.4) is 0 Å². The fourth-order valence-electron chi connectivity index (χ4n) is 6.98. The third-order valence-corrected chi connectivity index (χ3v) is 8.93. The summed E-state index contributed by atoms with van der Waals surface area (Å²) in [6, 6.07) is 0. The smallest absolute Gasteiger partial charge is 0.155 e. The van der Waals surface area contributed by atoms with Crippen molar-refractivity contribution in [2.24, 2.45) is 34.5 Å². The molecule has 0 bridgehead atoms. The van der Waals surface area contributed by atoms with E-state index in [0.717, 1.165) is 37.7 Å². The highest BCUT2D eigenvalue weighted by Gasteiger charge is 2.66. The van der Waals surface area contributed by atoms with Crippen LogP contribution in [0.4, 0.5) is 0 Å². The molecule has 0 aromatic carbocycles. The molecular weight excluding hydrogens is 336 g/mol. The molecule has 4 rings (SSSR count). The zero-order valence-electron chi connectivity index (χ0n) is 15.3. The van der Waals surface area contributed by atoms with Gasteiger partial charge in [0.25, 0.3) is 0 Å². The number of Topliss-reactive ketones (excluding diaryl/α,β-unsaturated/α-hetero) is 2. The molecule has 0 amide bonds. The van der Waals surface area contributed by atoms with Gasteiger partial charge in [0.1, 0.15) is 5.78 Å². The molecule has 0 saturated heterocycles. The molecule has 7 atom stereocenters. The Balaban J connectivity index is 1.79. The summed E-state index contributed by atoms with van der Waals surface area (Å²) in [5.74, 6) is 0.942. The highest BCUT2D eigenvalue weighted by Crippen LogP contribution is 2.66. The van der Waals surface area contributed by atoms with Crippen molar-refractivity contribution in [1.29, 1.82) is 0 Å². The zero-order chi connectivity index (χ0) is 18.1. The Kier molecular flexibility index (Phi) is 3.85. The van der Waals surface area contributed by atoms with Gasteiger partial charge < -0.3 is 0 Å². The maximum atomic E-state index is 13.5. The van der Waals surface area contributed by atoms with Crippen molar-refractivity contribution in [2.75, 3.05) is 0 Å². The number of allylic oxidation sites excluding steroid dienone is 1. The minimum Gasteiger partial charge on any atom is -0.300 e. The highest BCUT2D eigenvalue weighted by atomic mass is 35.5.